The minimum Gasteiger partial charge on any atom is -0.379 e. The monoisotopic (exact) mass is 371 g/mol. The number of benzene rings is 1. The summed E-state index contributed by atoms with van der Waals surface area (Å²) in [5.41, 5.74) is 0.147. The standard InChI is InChI=1S/C14H14ClN3O5S/c15-11-2-1-10(14(19)16-13-3-6-23-17-13)9-12(11)24(20,21)18-4-7-22-8-5-18/h1-3,6,9H,4-5,7-8H2,(H,16,17,19). The fraction of sp³-hybridized carbons (Fsp3) is 0.286. The number of nitrogens with one attached hydrogen (secondary N) is 1. The van der Waals surface area contributed by atoms with E-state index in [-0.39, 0.29) is 34.4 Å². The summed E-state index contributed by atoms with van der Waals surface area (Å²) in [6.45, 7) is 1.13. The van der Waals surface area contributed by atoms with Crippen LogP contribution < -0.4 is 5.32 Å². The Morgan fingerprint density at radius 1 is 1.25 bits per heavy atom. The van der Waals surface area contributed by atoms with Crippen molar-refractivity contribution in [2.24, 2.45) is 0 Å². The van der Waals surface area contributed by atoms with E-state index in [0.717, 1.165) is 0 Å². The molecule has 0 spiro atoms. The highest BCUT2D eigenvalue weighted by atomic mass is 35.5. The molecule has 128 valence electrons. The molecule has 1 aromatic carbocycles. The van der Waals surface area contributed by atoms with E-state index < -0.39 is 15.9 Å². The van der Waals surface area contributed by atoms with Crippen molar-refractivity contribution in [3.05, 3.63) is 41.1 Å². The maximum Gasteiger partial charge on any atom is 0.256 e. The van der Waals surface area contributed by atoms with Gasteiger partial charge in [0, 0.05) is 24.7 Å². The van der Waals surface area contributed by atoms with Gasteiger partial charge in [0.2, 0.25) is 10.0 Å². The minimum atomic E-state index is -3.80. The Morgan fingerprint density at radius 2 is 2.00 bits per heavy atom. The van der Waals surface area contributed by atoms with Gasteiger partial charge in [-0.15, -0.1) is 0 Å². The largest absolute Gasteiger partial charge is 0.379 e. The first-order chi connectivity index (χ1) is 11.5. The van der Waals surface area contributed by atoms with Crippen molar-refractivity contribution in [2.75, 3.05) is 31.6 Å². The average molecular weight is 372 g/mol. The Bertz CT molecular complexity index is 832. The number of nitrogens with zero attached hydrogens (tertiary/aromatic N) is 2. The van der Waals surface area contributed by atoms with Crippen molar-refractivity contribution in [3.63, 3.8) is 0 Å². The zero-order chi connectivity index (χ0) is 17.2. The lowest BCUT2D eigenvalue weighted by Crippen LogP contribution is -2.40. The van der Waals surface area contributed by atoms with Crippen LogP contribution in [0.1, 0.15) is 10.4 Å². The average Bonchev–Trinajstić information content (AvgIpc) is 3.09. The Balaban J connectivity index is 1.89. The zero-order valence-corrected chi connectivity index (χ0v) is 14.0. The van der Waals surface area contributed by atoms with E-state index >= 15 is 0 Å². The summed E-state index contributed by atoms with van der Waals surface area (Å²) in [6, 6.07) is 5.55. The van der Waals surface area contributed by atoms with Gasteiger partial charge in [-0.05, 0) is 18.2 Å². The molecule has 0 atom stereocenters. The van der Waals surface area contributed by atoms with Crippen LogP contribution in [0.2, 0.25) is 5.02 Å². The number of carbonyl (C=O) groups is 1. The van der Waals surface area contributed by atoms with Crippen LogP contribution in [0.15, 0.2) is 39.9 Å². The minimum absolute atomic E-state index is 0.0551. The molecule has 1 fully saturated rings. The van der Waals surface area contributed by atoms with Gasteiger partial charge in [-0.25, -0.2) is 8.42 Å². The fourth-order valence-corrected chi connectivity index (χ4v) is 4.14. The van der Waals surface area contributed by atoms with Gasteiger partial charge in [0.1, 0.15) is 11.2 Å². The van der Waals surface area contributed by atoms with E-state index in [1.807, 2.05) is 0 Å². The molecule has 0 bridgehead atoms. The Kier molecular flexibility index (Phi) is 4.86. The third-order valence-electron chi connectivity index (χ3n) is 3.46. The number of halogens is 1. The summed E-state index contributed by atoms with van der Waals surface area (Å²) in [7, 11) is -3.80. The molecule has 2 heterocycles. The van der Waals surface area contributed by atoms with Crippen LogP contribution in [0.3, 0.4) is 0 Å². The van der Waals surface area contributed by atoms with E-state index in [2.05, 4.69) is 15.0 Å². The van der Waals surface area contributed by atoms with Crippen molar-refractivity contribution in [3.8, 4) is 0 Å². The molecular weight excluding hydrogens is 358 g/mol. The van der Waals surface area contributed by atoms with Crippen LogP contribution in [0.5, 0.6) is 0 Å². The molecule has 1 amide bonds. The predicted octanol–water partition coefficient (Wildman–Crippen LogP) is 1.60. The fourth-order valence-electron chi connectivity index (χ4n) is 2.23. The number of anilines is 1. The third-order valence-corrected chi connectivity index (χ3v) is 5.84. The maximum absolute atomic E-state index is 12.7. The van der Waals surface area contributed by atoms with Gasteiger partial charge in [0.15, 0.2) is 5.82 Å². The maximum atomic E-state index is 12.7. The molecule has 1 N–H and O–H groups in total. The first-order valence-electron chi connectivity index (χ1n) is 7.07. The molecule has 10 heteroatoms. The van der Waals surface area contributed by atoms with Crippen molar-refractivity contribution in [1.82, 2.24) is 9.46 Å². The molecule has 0 unspecified atom stereocenters. The van der Waals surface area contributed by atoms with E-state index in [9.17, 15) is 13.2 Å². The van der Waals surface area contributed by atoms with Crippen molar-refractivity contribution in [2.45, 2.75) is 4.90 Å². The van der Waals surface area contributed by atoms with E-state index in [0.29, 0.717) is 13.2 Å². The SMILES string of the molecule is O=C(Nc1ccon1)c1ccc(Cl)c(S(=O)(=O)N2CCOCC2)c1. The number of hydrogen-bond acceptors (Lipinski definition) is 6. The quantitative estimate of drug-likeness (QED) is 0.875. The van der Waals surface area contributed by atoms with Crippen LogP contribution >= 0.6 is 11.6 Å². The normalized spacial score (nSPS) is 16.0. The van der Waals surface area contributed by atoms with Gasteiger partial charge in [0.05, 0.1) is 18.2 Å². The number of amides is 1. The van der Waals surface area contributed by atoms with Crippen LogP contribution in [-0.4, -0.2) is 50.1 Å². The van der Waals surface area contributed by atoms with Crippen LogP contribution in [-0.2, 0) is 14.8 Å². The molecule has 1 aliphatic heterocycles. The predicted molar refractivity (Wildman–Crippen MR) is 85.5 cm³/mol. The number of rotatable bonds is 4. The van der Waals surface area contributed by atoms with Crippen molar-refractivity contribution >= 4 is 33.3 Å². The number of morpholine rings is 1. The summed E-state index contributed by atoms with van der Waals surface area (Å²) in [6.07, 6.45) is 1.31. The Labute approximate surface area is 143 Å². The highest BCUT2D eigenvalue weighted by Crippen LogP contribution is 2.26. The van der Waals surface area contributed by atoms with Crippen LogP contribution in [0, 0.1) is 0 Å². The van der Waals surface area contributed by atoms with Crippen molar-refractivity contribution in [1.29, 1.82) is 0 Å². The summed E-state index contributed by atoms with van der Waals surface area (Å²) in [5.74, 6) is -0.286. The highest BCUT2D eigenvalue weighted by molar-refractivity contribution is 7.89. The van der Waals surface area contributed by atoms with Crippen LogP contribution in [0.4, 0.5) is 5.82 Å². The topological polar surface area (TPSA) is 102 Å². The summed E-state index contributed by atoms with van der Waals surface area (Å²) < 4.78 is 36.5. The lowest BCUT2D eigenvalue weighted by atomic mass is 10.2. The first-order valence-corrected chi connectivity index (χ1v) is 8.89. The number of sulfonamides is 1. The third kappa shape index (κ3) is 3.44. The summed E-state index contributed by atoms with van der Waals surface area (Å²) in [4.78, 5) is 12.1. The molecule has 1 aromatic heterocycles. The second-order valence-electron chi connectivity index (χ2n) is 5.00. The molecule has 0 saturated carbocycles. The molecule has 0 radical (unpaired) electrons. The number of aromatic nitrogens is 1. The summed E-state index contributed by atoms with van der Waals surface area (Å²) in [5, 5.41) is 6.13. The van der Waals surface area contributed by atoms with E-state index in [4.69, 9.17) is 16.3 Å². The molecule has 24 heavy (non-hydrogen) atoms. The summed E-state index contributed by atoms with van der Waals surface area (Å²) >= 11 is 6.05. The van der Waals surface area contributed by atoms with Gasteiger partial charge in [-0.3, -0.25) is 4.79 Å². The van der Waals surface area contributed by atoms with E-state index in [1.54, 1.807) is 0 Å². The first kappa shape index (κ1) is 16.9. The highest BCUT2D eigenvalue weighted by Gasteiger charge is 2.29. The molecule has 3 rings (SSSR count). The molecule has 1 aliphatic rings. The van der Waals surface area contributed by atoms with Gasteiger partial charge in [-0.2, -0.15) is 4.31 Å². The second-order valence-corrected chi connectivity index (χ2v) is 7.31. The van der Waals surface area contributed by atoms with Crippen molar-refractivity contribution < 1.29 is 22.5 Å². The molecular formula is C14H14ClN3O5S. The molecule has 8 nitrogen and oxygen atoms in total. The van der Waals surface area contributed by atoms with Gasteiger partial charge < -0.3 is 14.6 Å². The number of ether oxygens (including phenoxy) is 1. The van der Waals surface area contributed by atoms with E-state index in [1.165, 1.54) is 34.8 Å². The lowest BCUT2D eigenvalue weighted by molar-refractivity contribution is 0.0730. The van der Waals surface area contributed by atoms with Crippen LogP contribution in [0.25, 0.3) is 0 Å². The van der Waals surface area contributed by atoms with Gasteiger partial charge in [-0.1, -0.05) is 16.8 Å². The lowest BCUT2D eigenvalue weighted by Gasteiger charge is -2.26. The molecule has 2 aromatic rings. The number of hydrogen-bond donors (Lipinski definition) is 1. The second kappa shape index (κ2) is 6.89. The molecule has 1 saturated heterocycles. The smallest absolute Gasteiger partial charge is 0.256 e. The molecule has 0 aliphatic carbocycles. The Morgan fingerprint density at radius 3 is 2.67 bits per heavy atom. The zero-order valence-electron chi connectivity index (χ0n) is 12.4. The number of carbonyl (C=O) groups excluding carboxylic acids is 1. The van der Waals surface area contributed by atoms with Gasteiger partial charge >= 0.3 is 0 Å². The van der Waals surface area contributed by atoms with Gasteiger partial charge in [0.25, 0.3) is 5.91 Å². The Hall–Kier alpha value is -1.94.